The van der Waals surface area contributed by atoms with Gasteiger partial charge in [-0.3, -0.25) is 0 Å². The van der Waals surface area contributed by atoms with Crippen LogP contribution in [0.3, 0.4) is 0 Å². The Labute approximate surface area is 86.7 Å². The molecule has 14 heavy (non-hydrogen) atoms. The fourth-order valence-electron chi connectivity index (χ4n) is 2.22. The summed E-state index contributed by atoms with van der Waals surface area (Å²) in [6.45, 7) is 8.81. The Morgan fingerprint density at radius 2 is 0.786 bits per heavy atom. The zero-order valence-electron chi connectivity index (χ0n) is 9.46. The molecule has 0 saturated heterocycles. The standard InChI is InChI=1S/C14H18/c1-9-5-13(6-10(9)2)14-7-11(3)12(4)8-14/h5-8,13-14H,1-4H3. The minimum absolute atomic E-state index is 0.599. The average molecular weight is 186 g/mol. The molecule has 0 amide bonds. The highest BCUT2D eigenvalue weighted by Crippen LogP contribution is 2.35. The highest BCUT2D eigenvalue weighted by Gasteiger charge is 2.21. The molecule has 0 heterocycles. The first-order valence-corrected chi connectivity index (χ1v) is 5.32. The van der Waals surface area contributed by atoms with E-state index in [-0.39, 0.29) is 0 Å². The highest BCUT2D eigenvalue weighted by molar-refractivity contribution is 5.42. The van der Waals surface area contributed by atoms with Crippen molar-refractivity contribution in [3.63, 3.8) is 0 Å². The van der Waals surface area contributed by atoms with Gasteiger partial charge in [0.15, 0.2) is 0 Å². The van der Waals surface area contributed by atoms with Crippen molar-refractivity contribution in [3.05, 3.63) is 46.6 Å². The van der Waals surface area contributed by atoms with Crippen LogP contribution in [-0.2, 0) is 0 Å². The number of hydrogen-bond acceptors (Lipinski definition) is 0. The maximum atomic E-state index is 2.39. The van der Waals surface area contributed by atoms with Crippen molar-refractivity contribution in [3.8, 4) is 0 Å². The van der Waals surface area contributed by atoms with E-state index in [4.69, 9.17) is 0 Å². The molecule has 0 bridgehead atoms. The normalized spacial score (nSPS) is 23.4. The molecule has 0 saturated carbocycles. The summed E-state index contributed by atoms with van der Waals surface area (Å²) in [5.74, 6) is 1.20. The summed E-state index contributed by atoms with van der Waals surface area (Å²) in [5, 5.41) is 0. The molecule has 0 radical (unpaired) electrons. The molecule has 0 unspecified atom stereocenters. The summed E-state index contributed by atoms with van der Waals surface area (Å²) in [7, 11) is 0. The summed E-state index contributed by atoms with van der Waals surface area (Å²) >= 11 is 0. The molecular formula is C14H18. The summed E-state index contributed by atoms with van der Waals surface area (Å²) in [6, 6.07) is 0. The van der Waals surface area contributed by atoms with Crippen molar-refractivity contribution in [1.29, 1.82) is 0 Å². The van der Waals surface area contributed by atoms with Gasteiger partial charge in [-0.15, -0.1) is 0 Å². The number of hydrogen-bond donors (Lipinski definition) is 0. The van der Waals surface area contributed by atoms with Crippen LogP contribution in [0.15, 0.2) is 46.6 Å². The molecule has 74 valence electrons. The van der Waals surface area contributed by atoms with Crippen molar-refractivity contribution in [2.75, 3.05) is 0 Å². The zero-order chi connectivity index (χ0) is 10.3. The Hall–Kier alpha value is -1.04. The van der Waals surface area contributed by atoms with Crippen molar-refractivity contribution in [1.82, 2.24) is 0 Å². The van der Waals surface area contributed by atoms with Crippen LogP contribution in [0.25, 0.3) is 0 Å². The molecule has 0 aromatic carbocycles. The van der Waals surface area contributed by atoms with Gasteiger partial charge in [-0.1, -0.05) is 46.6 Å². The van der Waals surface area contributed by atoms with Gasteiger partial charge >= 0.3 is 0 Å². The molecule has 2 aliphatic rings. The van der Waals surface area contributed by atoms with E-state index in [0.29, 0.717) is 11.8 Å². The average Bonchev–Trinajstić information content (AvgIpc) is 2.60. The molecular weight excluding hydrogens is 168 g/mol. The fourth-order valence-corrected chi connectivity index (χ4v) is 2.22. The second-order valence-electron chi connectivity index (χ2n) is 4.55. The van der Waals surface area contributed by atoms with E-state index >= 15 is 0 Å². The van der Waals surface area contributed by atoms with Gasteiger partial charge in [-0.05, 0) is 27.7 Å². The Morgan fingerprint density at radius 1 is 0.571 bits per heavy atom. The topological polar surface area (TPSA) is 0 Å². The van der Waals surface area contributed by atoms with Crippen LogP contribution in [0.4, 0.5) is 0 Å². The van der Waals surface area contributed by atoms with Crippen LogP contribution in [0, 0.1) is 11.8 Å². The first kappa shape index (κ1) is 9.51. The van der Waals surface area contributed by atoms with Gasteiger partial charge in [0, 0.05) is 11.8 Å². The van der Waals surface area contributed by atoms with Crippen LogP contribution < -0.4 is 0 Å². The third kappa shape index (κ3) is 1.50. The lowest BCUT2D eigenvalue weighted by Crippen LogP contribution is -2.01. The van der Waals surface area contributed by atoms with Gasteiger partial charge in [0.05, 0.1) is 0 Å². The van der Waals surface area contributed by atoms with Gasteiger partial charge in [-0.2, -0.15) is 0 Å². The van der Waals surface area contributed by atoms with Crippen molar-refractivity contribution < 1.29 is 0 Å². The minimum Gasteiger partial charge on any atom is -0.0735 e. The maximum Gasteiger partial charge on any atom is 0.00562 e. The van der Waals surface area contributed by atoms with Crippen LogP contribution >= 0.6 is 0 Å². The summed E-state index contributed by atoms with van der Waals surface area (Å²) in [4.78, 5) is 0. The predicted octanol–water partition coefficient (Wildman–Crippen LogP) is 4.03. The van der Waals surface area contributed by atoms with Crippen LogP contribution in [0.5, 0.6) is 0 Å². The molecule has 0 atom stereocenters. The Kier molecular flexibility index (Phi) is 2.22. The van der Waals surface area contributed by atoms with Gasteiger partial charge in [0.25, 0.3) is 0 Å². The Morgan fingerprint density at radius 3 is 1.00 bits per heavy atom. The van der Waals surface area contributed by atoms with E-state index in [9.17, 15) is 0 Å². The van der Waals surface area contributed by atoms with E-state index in [2.05, 4.69) is 52.0 Å². The smallest absolute Gasteiger partial charge is 0.00562 e. The lowest BCUT2D eigenvalue weighted by atomic mass is 9.94. The lowest BCUT2D eigenvalue weighted by Gasteiger charge is -2.09. The molecule has 0 fully saturated rings. The van der Waals surface area contributed by atoms with Gasteiger partial charge in [-0.25, -0.2) is 0 Å². The fraction of sp³-hybridized carbons (Fsp3) is 0.429. The number of rotatable bonds is 1. The molecule has 0 heteroatoms. The van der Waals surface area contributed by atoms with Crippen molar-refractivity contribution in [2.45, 2.75) is 27.7 Å². The number of allylic oxidation sites excluding steroid dienone is 8. The third-order valence-corrected chi connectivity index (χ3v) is 3.46. The molecule has 2 aliphatic carbocycles. The Balaban J connectivity index is 2.22. The summed E-state index contributed by atoms with van der Waals surface area (Å²) < 4.78 is 0. The second kappa shape index (κ2) is 3.27. The highest BCUT2D eigenvalue weighted by atomic mass is 14.3. The van der Waals surface area contributed by atoms with E-state index in [1.54, 1.807) is 0 Å². The second-order valence-corrected chi connectivity index (χ2v) is 4.55. The molecule has 0 nitrogen and oxygen atoms in total. The SMILES string of the molecule is CC1=CC(C2C=C(C)C(C)=C2)C=C1C. The monoisotopic (exact) mass is 186 g/mol. The molecule has 2 rings (SSSR count). The zero-order valence-corrected chi connectivity index (χ0v) is 9.46. The molecule has 0 aromatic rings. The van der Waals surface area contributed by atoms with Crippen LogP contribution in [-0.4, -0.2) is 0 Å². The molecule has 0 aliphatic heterocycles. The van der Waals surface area contributed by atoms with Crippen molar-refractivity contribution >= 4 is 0 Å². The summed E-state index contributed by atoms with van der Waals surface area (Å²) in [5.41, 5.74) is 5.77. The van der Waals surface area contributed by atoms with Gasteiger partial charge < -0.3 is 0 Å². The molecule has 0 spiro atoms. The predicted molar refractivity (Wildman–Crippen MR) is 62.0 cm³/mol. The summed E-state index contributed by atoms with van der Waals surface area (Å²) in [6.07, 6.45) is 9.55. The quantitative estimate of drug-likeness (QED) is 0.580. The van der Waals surface area contributed by atoms with Crippen molar-refractivity contribution in [2.24, 2.45) is 11.8 Å². The lowest BCUT2D eigenvalue weighted by molar-refractivity contribution is 0.686. The van der Waals surface area contributed by atoms with E-state index in [0.717, 1.165) is 0 Å². The largest absolute Gasteiger partial charge is 0.0735 e. The molecule has 0 aromatic heterocycles. The first-order chi connectivity index (χ1) is 6.58. The van der Waals surface area contributed by atoms with E-state index in [1.165, 1.54) is 22.3 Å². The van der Waals surface area contributed by atoms with E-state index in [1.807, 2.05) is 0 Å². The van der Waals surface area contributed by atoms with Gasteiger partial charge in [0.1, 0.15) is 0 Å². The van der Waals surface area contributed by atoms with Crippen LogP contribution in [0.2, 0.25) is 0 Å². The molecule has 0 N–H and O–H groups in total. The first-order valence-electron chi connectivity index (χ1n) is 5.32. The van der Waals surface area contributed by atoms with Gasteiger partial charge in [0.2, 0.25) is 0 Å². The Bertz CT molecular complexity index is 301. The van der Waals surface area contributed by atoms with Crippen LogP contribution in [0.1, 0.15) is 27.7 Å². The third-order valence-electron chi connectivity index (χ3n) is 3.46. The minimum atomic E-state index is 0.599. The maximum absolute atomic E-state index is 2.39. The van der Waals surface area contributed by atoms with E-state index < -0.39 is 0 Å².